The van der Waals surface area contributed by atoms with Gasteiger partial charge in [0.1, 0.15) is 18.1 Å². The van der Waals surface area contributed by atoms with Crippen LogP contribution in [-0.4, -0.2) is 96.5 Å². The Kier molecular flexibility index (Phi) is 7.16. The van der Waals surface area contributed by atoms with Crippen molar-refractivity contribution in [2.75, 3.05) is 73.3 Å². The largest absolute Gasteiger partial charge is 0.377 e. The van der Waals surface area contributed by atoms with E-state index in [-0.39, 0.29) is 17.6 Å². The molecule has 2 aromatic heterocycles. The SMILES string of the molecule is CN1CCN(C(=O)Nc2ccc3[nH]c(N4CCN(c5ncccc5NC(C)(C)C)CC4C=O)cc3c2)CC1. The van der Waals surface area contributed by atoms with Crippen LogP contribution >= 0.6 is 0 Å². The molecular formula is C28H38N8O2. The number of nitrogens with one attached hydrogen (secondary N) is 3. The third kappa shape index (κ3) is 5.70. The normalized spacial score (nSPS) is 19.1. The highest BCUT2D eigenvalue weighted by atomic mass is 16.2. The van der Waals surface area contributed by atoms with Gasteiger partial charge in [0.05, 0.1) is 5.69 Å². The fourth-order valence-electron chi connectivity index (χ4n) is 5.13. The van der Waals surface area contributed by atoms with Crippen molar-refractivity contribution in [3.63, 3.8) is 0 Å². The molecule has 2 aliphatic heterocycles. The van der Waals surface area contributed by atoms with Gasteiger partial charge in [0.25, 0.3) is 0 Å². The Morgan fingerprint density at radius 2 is 1.87 bits per heavy atom. The van der Waals surface area contributed by atoms with Crippen LogP contribution in [0, 0.1) is 0 Å². The number of urea groups is 1. The summed E-state index contributed by atoms with van der Waals surface area (Å²) in [5, 5.41) is 7.56. The van der Waals surface area contributed by atoms with Gasteiger partial charge in [-0.3, -0.25) is 0 Å². The molecule has 10 nitrogen and oxygen atoms in total. The summed E-state index contributed by atoms with van der Waals surface area (Å²) in [6, 6.07) is 11.5. The Morgan fingerprint density at radius 1 is 1.08 bits per heavy atom. The van der Waals surface area contributed by atoms with Crippen molar-refractivity contribution in [2.24, 2.45) is 0 Å². The lowest BCUT2D eigenvalue weighted by Gasteiger charge is -2.41. The summed E-state index contributed by atoms with van der Waals surface area (Å²) >= 11 is 0. The molecular weight excluding hydrogens is 480 g/mol. The first-order valence-electron chi connectivity index (χ1n) is 13.3. The number of H-pyrrole nitrogens is 1. The average molecular weight is 519 g/mol. The predicted molar refractivity (Wildman–Crippen MR) is 153 cm³/mol. The number of aldehydes is 1. The first-order chi connectivity index (χ1) is 18.2. The highest BCUT2D eigenvalue weighted by molar-refractivity contribution is 5.94. The molecule has 3 N–H and O–H groups in total. The van der Waals surface area contributed by atoms with Crippen molar-refractivity contribution < 1.29 is 9.59 Å². The van der Waals surface area contributed by atoms with E-state index in [0.29, 0.717) is 13.1 Å². The minimum Gasteiger partial charge on any atom is -0.377 e. The molecule has 2 aliphatic rings. The zero-order chi connectivity index (χ0) is 26.9. The Bertz CT molecular complexity index is 1290. The number of piperazine rings is 2. The fourth-order valence-corrected chi connectivity index (χ4v) is 5.13. The van der Waals surface area contributed by atoms with E-state index < -0.39 is 0 Å². The number of carbonyl (C=O) groups excluding carboxylic acids is 2. The molecule has 38 heavy (non-hydrogen) atoms. The summed E-state index contributed by atoms with van der Waals surface area (Å²) in [4.78, 5) is 41.4. The summed E-state index contributed by atoms with van der Waals surface area (Å²) in [5.41, 5.74) is 2.59. The van der Waals surface area contributed by atoms with Crippen LogP contribution in [0.15, 0.2) is 42.6 Å². The van der Waals surface area contributed by atoms with Gasteiger partial charge < -0.3 is 40.0 Å². The maximum absolute atomic E-state index is 12.7. The quantitative estimate of drug-likeness (QED) is 0.445. The number of fused-ring (bicyclic) bond motifs is 1. The summed E-state index contributed by atoms with van der Waals surface area (Å²) < 4.78 is 0. The van der Waals surface area contributed by atoms with Gasteiger partial charge in [0.2, 0.25) is 0 Å². The highest BCUT2D eigenvalue weighted by Gasteiger charge is 2.30. The molecule has 2 saturated heterocycles. The van der Waals surface area contributed by atoms with Crippen LogP contribution in [-0.2, 0) is 4.79 Å². The summed E-state index contributed by atoms with van der Waals surface area (Å²) in [7, 11) is 2.07. The maximum atomic E-state index is 12.7. The second-order valence-corrected chi connectivity index (χ2v) is 11.3. The minimum atomic E-state index is -0.322. The smallest absolute Gasteiger partial charge is 0.321 e. The Balaban J connectivity index is 1.29. The van der Waals surface area contributed by atoms with E-state index in [2.05, 4.69) is 69.2 Å². The second kappa shape index (κ2) is 10.5. The number of nitrogens with zero attached hydrogens (tertiary/aromatic N) is 5. The number of pyridine rings is 1. The van der Waals surface area contributed by atoms with Gasteiger partial charge in [0.15, 0.2) is 5.82 Å². The van der Waals surface area contributed by atoms with Crippen LogP contribution in [0.25, 0.3) is 10.9 Å². The highest BCUT2D eigenvalue weighted by Crippen LogP contribution is 2.31. The third-order valence-electron chi connectivity index (χ3n) is 7.13. The predicted octanol–water partition coefficient (Wildman–Crippen LogP) is 3.45. The monoisotopic (exact) mass is 518 g/mol. The average Bonchev–Trinajstić information content (AvgIpc) is 3.31. The van der Waals surface area contributed by atoms with Crippen molar-refractivity contribution in [1.29, 1.82) is 0 Å². The van der Waals surface area contributed by atoms with E-state index in [4.69, 9.17) is 0 Å². The van der Waals surface area contributed by atoms with Crippen molar-refractivity contribution in [3.8, 4) is 0 Å². The van der Waals surface area contributed by atoms with Crippen LogP contribution in [0.1, 0.15) is 20.8 Å². The number of hydrogen-bond acceptors (Lipinski definition) is 7. The minimum absolute atomic E-state index is 0.0693. The molecule has 5 rings (SSSR count). The number of hydrogen-bond donors (Lipinski definition) is 3. The van der Waals surface area contributed by atoms with Crippen LogP contribution in [0.2, 0.25) is 0 Å². The molecule has 1 aromatic carbocycles. The molecule has 1 atom stereocenters. The lowest BCUT2D eigenvalue weighted by atomic mass is 10.1. The number of carbonyl (C=O) groups is 2. The van der Waals surface area contributed by atoms with E-state index in [9.17, 15) is 9.59 Å². The Hall–Kier alpha value is -3.79. The molecule has 10 heteroatoms. The lowest BCUT2D eigenvalue weighted by Crippen LogP contribution is -2.54. The third-order valence-corrected chi connectivity index (χ3v) is 7.13. The Labute approximate surface area is 224 Å². The van der Waals surface area contributed by atoms with Gasteiger partial charge >= 0.3 is 6.03 Å². The first-order valence-corrected chi connectivity index (χ1v) is 13.3. The van der Waals surface area contributed by atoms with E-state index in [1.165, 1.54) is 0 Å². The molecule has 0 aliphatic carbocycles. The lowest BCUT2D eigenvalue weighted by molar-refractivity contribution is -0.109. The van der Waals surface area contributed by atoms with Crippen LogP contribution < -0.4 is 20.4 Å². The van der Waals surface area contributed by atoms with Gasteiger partial charge in [-0.15, -0.1) is 0 Å². The second-order valence-electron chi connectivity index (χ2n) is 11.3. The molecule has 3 aromatic rings. The molecule has 0 spiro atoms. The number of rotatable bonds is 5. The van der Waals surface area contributed by atoms with Gasteiger partial charge in [-0.25, -0.2) is 9.78 Å². The Morgan fingerprint density at radius 3 is 2.61 bits per heavy atom. The maximum Gasteiger partial charge on any atom is 0.321 e. The van der Waals surface area contributed by atoms with E-state index >= 15 is 0 Å². The molecule has 2 amide bonds. The molecule has 2 fully saturated rings. The van der Waals surface area contributed by atoms with E-state index in [0.717, 1.165) is 72.9 Å². The topological polar surface area (TPSA) is 99.8 Å². The van der Waals surface area contributed by atoms with Gasteiger partial charge in [-0.2, -0.15) is 0 Å². The number of aromatic nitrogens is 2. The van der Waals surface area contributed by atoms with Gasteiger partial charge in [-0.1, -0.05) is 0 Å². The van der Waals surface area contributed by atoms with Crippen molar-refractivity contribution in [3.05, 3.63) is 42.6 Å². The van der Waals surface area contributed by atoms with E-state index in [1.54, 1.807) is 6.20 Å². The zero-order valence-corrected chi connectivity index (χ0v) is 22.7. The first kappa shape index (κ1) is 25.8. The fraction of sp³-hybridized carbons (Fsp3) is 0.464. The van der Waals surface area contributed by atoms with Crippen molar-refractivity contribution >= 4 is 46.2 Å². The number of likely N-dealkylation sites (N-methyl/N-ethyl adjacent to an activating group) is 1. The molecule has 1 unspecified atom stereocenters. The summed E-state index contributed by atoms with van der Waals surface area (Å²) in [5.74, 6) is 1.76. The van der Waals surface area contributed by atoms with Crippen molar-refractivity contribution in [1.82, 2.24) is 19.8 Å². The van der Waals surface area contributed by atoms with E-state index in [1.807, 2.05) is 35.2 Å². The molecule has 0 saturated carbocycles. The molecule has 4 heterocycles. The molecule has 202 valence electrons. The van der Waals surface area contributed by atoms with Gasteiger partial charge in [0, 0.05) is 74.1 Å². The number of benzene rings is 1. The van der Waals surface area contributed by atoms with Crippen LogP contribution in [0.3, 0.4) is 0 Å². The molecule has 0 radical (unpaired) electrons. The molecule has 0 bridgehead atoms. The zero-order valence-electron chi connectivity index (χ0n) is 22.7. The standard InChI is InChI=1S/C28H38N8O2/c1-28(2,3)32-24-6-5-9-29-26(24)35-14-15-36(22(18-35)19-37)25-17-20-16-21(7-8-23(20)31-25)30-27(38)34-12-10-33(4)11-13-34/h5-9,16-17,19,22,31-32H,10-15,18H2,1-4H3,(H,30,38). The summed E-state index contributed by atoms with van der Waals surface area (Å²) in [6.45, 7) is 11.5. The van der Waals surface area contributed by atoms with Gasteiger partial charge in [-0.05, 0) is 64.2 Å². The number of anilines is 4. The number of aromatic amines is 1. The van der Waals surface area contributed by atoms with Crippen LogP contribution in [0.4, 0.5) is 27.8 Å². The van der Waals surface area contributed by atoms with Crippen LogP contribution in [0.5, 0.6) is 0 Å². The summed E-state index contributed by atoms with van der Waals surface area (Å²) in [6.07, 6.45) is 2.81. The number of amides is 2. The van der Waals surface area contributed by atoms with Crippen molar-refractivity contribution in [2.45, 2.75) is 32.4 Å².